The highest BCUT2D eigenvalue weighted by Crippen LogP contribution is 2.30. The van der Waals surface area contributed by atoms with Gasteiger partial charge in [0.1, 0.15) is 0 Å². The van der Waals surface area contributed by atoms with Crippen molar-refractivity contribution in [1.29, 1.82) is 0 Å². The van der Waals surface area contributed by atoms with Gasteiger partial charge in [0.25, 0.3) is 0 Å². The summed E-state index contributed by atoms with van der Waals surface area (Å²) in [4.78, 5) is 2.61. The van der Waals surface area contributed by atoms with Gasteiger partial charge in [0, 0.05) is 18.1 Å². The van der Waals surface area contributed by atoms with Gasteiger partial charge in [0.05, 0.1) is 0 Å². The summed E-state index contributed by atoms with van der Waals surface area (Å²) in [6.45, 7) is 12.8. The first-order chi connectivity index (χ1) is 7.88. The van der Waals surface area contributed by atoms with E-state index < -0.39 is 0 Å². The summed E-state index contributed by atoms with van der Waals surface area (Å²) in [7, 11) is 2.31. The van der Waals surface area contributed by atoms with Crippen LogP contribution in [-0.4, -0.2) is 36.6 Å². The van der Waals surface area contributed by atoms with Crippen LogP contribution in [0.5, 0.6) is 0 Å². The van der Waals surface area contributed by atoms with Gasteiger partial charge in [-0.25, -0.2) is 0 Å². The largest absolute Gasteiger partial charge is 0.312 e. The van der Waals surface area contributed by atoms with Crippen molar-refractivity contribution in [1.82, 2.24) is 10.2 Å². The molecule has 0 heterocycles. The van der Waals surface area contributed by atoms with Crippen LogP contribution in [0.4, 0.5) is 0 Å². The Kier molecular flexibility index (Phi) is 5.46. The van der Waals surface area contributed by atoms with E-state index >= 15 is 0 Å². The summed E-state index contributed by atoms with van der Waals surface area (Å²) >= 11 is 0. The molecule has 1 fully saturated rings. The van der Waals surface area contributed by atoms with Crippen molar-refractivity contribution in [2.75, 3.05) is 13.6 Å². The third-order valence-corrected chi connectivity index (χ3v) is 4.52. The molecular formula is C15H32N2. The number of likely N-dealkylation sites (N-methyl/N-ethyl adjacent to an activating group) is 1. The summed E-state index contributed by atoms with van der Waals surface area (Å²) in [5.74, 6) is 0. The molecule has 3 atom stereocenters. The molecule has 0 aromatic carbocycles. The molecule has 17 heavy (non-hydrogen) atoms. The Morgan fingerprint density at radius 3 is 2.47 bits per heavy atom. The molecule has 1 aliphatic rings. The molecule has 3 unspecified atom stereocenters. The van der Waals surface area contributed by atoms with E-state index in [4.69, 9.17) is 0 Å². The van der Waals surface area contributed by atoms with Crippen molar-refractivity contribution in [3.8, 4) is 0 Å². The highest BCUT2D eigenvalue weighted by atomic mass is 15.2. The van der Waals surface area contributed by atoms with Gasteiger partial charge >= 0.3 is 0 Å². The lowest BCUT2D eigenvalue weighted by Gasteiger charge is -2.41. The zero-order chi connectivity index (χ0) is 13.1. The van der Waals surface area contributed by atoms with E-state index in [0.29, 0.717) is 17.5 Å². The van der Waals surface area contributed by atoms with Crippen LogP contribution in [0.25, 0.3) is 0 Å². The minimum atomic E-state index is 0.368. The van der Waals surface area contributed by atoms with E-state index in [1.807, 2.05) is 0 Å². The van der Waals surface area contributed by atoms with Crippen molar-refractivity contribution in [2.45, 2.75) is 78.4 Å². The van der Waals surface area contributed by atoms with Crippen molar-refractivity contribution < 1.29 is 0 Å². The van der Waals surface area contributed by atoms with Gasteiger partial charge in [-0.05, 0) is 45.2 Å². The summed E-state index contributed by atoms with van der Waals surface area (Å²) < 4.78 is 0. The van der Waals surface area contributed by atoms with E-state index in [-0.39, 0.29) is 0 Å². The molecule has 1 rings (SSSR count). The lowest BCUT2D eigenvalue weighted by atomic mass is 9.86. The monoisotopic (exact) mass is 240 g/mol. The van der Waals surface area contributed by atoms with Crippen LogP contribution in [0, 0.1) is 5.41 Å². The fraction of sp³-hybridized carbons (Fsp3) is 1.00. The normalized spacial score (nSPS) is 27.7. The smallest absolute Gasteiger partial charge is 0.0249 e. The lowest BCUT2D eigenvalue weighted by Crippen LogP contribution is -2.51. The minimum absolute atomic E-state index is 0.368. The van der Waals surface area contributed by atoms with E-state index in [1.54, 1.807) is 0 Å². The van der Waals surface area contributed by atoms with Gasteiger partial charge in [-0.1, -0.05) is 34.1 Å². The molecule has 0 spiro atoms. The average Bonchev–Trinajstić information content (AvgIpc) is 2.71. The van der Waals surface area contributed by atoms with Gasteiger partial charge in [0.15, 0.2) is 0 Å². The maximum Gasteiger partial charge on any atom is 0.0249 e. The molecule has 102 valence electrons. The third kappa shape index (κ3) is 3.96. The Morgan fingerprint density at radius 1 is 1.29 bits per heavy atom. The van der Waals surface area contributed by atoms with Crippen LogP contribution in [0.3, 0.4) is 0 Å². The van der Waals surface area contributed by atoms with Gasteiger partial charge < -0.3 is 5.32 Å². The maximum atomic E-state index is 3.73. The van der Waals surface area contributed by atoms with Crippen LogP contribution in [0.1, 0.15) is 60.3 Å². The first kappa shape index (κ1) is 15.0. The highest BCUT2D eigenvalue weighted by molar-refractivity contribution is 4.93. The zero-order valence-corrected chi connectivity index (χ0v) is 12.7. The third-order valence-electron chi connectivity index (χ3n) is 4.52. The van der Waals surface area contributed by atoms with Crippen LogP contribution >= 0.6 is 0 Å². The number of rotatable bonds is 5. The van der Waals surface area contributed by atoms with E-state index in [2.05, 4.69) is 51.9 Å². The molecule has 0 aromatic rings. The van der Waals surface area contributed by atoms with Crippen molar-refractivity contribution in [3.63, 3.8) is 0 Å². The Balaban J connectivity index is 2.58. The first-order valence-electron chi connectivity index (χ1n) is 7.33. The fourth-order valence-corrected chi connectivity index (χ4v) is 2.89. The van der Waals surface area contributed by atoms with E-state index in [9.17, 15) is 0 Å². The summed E-state index contributed by atoms with van der Waals surface area (Å²) in [5.41, 5.74) is 0.368. The Bertz CT molecular complexity index is 219. The number of hydrogen-bond acceptors (Lipinski definition) is 2. The van der Waals surface area contributed by atoms with Crippen LogP contribution in [0.15, 0.2) is 0 Å². The van der Waals surface area contributed by atoms with Gasteiger partial charge in [-0.3, -0.25) is 4.90 Å². The fourth-order valence-electron chi connectivity index (χ4n) is 2.89. The second kappa shape index (κ2) is 6.19. The molecule has 1 aliphatic carbocycles. The molecule has 0 aliphatic heterocycles. The van der Waals surface area contributed by atoms with Crippen LogP contribution in [-0.2, 0) is 0 Å². The molecule has 2 heteroatoms. The van der Waals surface area contributed by atoms with Crippen molar-refractivity contribution in [2.24, 2.45) is 5.41 Å². The molecular weight excluding hydrogens is 208 g/mol. The molecule has 2 nitrogen and oxygen atoms in total. The molecule has 0 bridgehead atoms. The molecule has 0 saturated heterocycles. The van der Waals surface area contributed by atoms with Crippen LogP contribution < -0.4 is 5.32 Å². The molecule has 0 aromatic heterocycles. The predicted octanol–water partition coefficient (Wildman–Crippen LogP) is 3.27. The standard InChI is InChI=1S/C15H32N2/c1-7-11-16-13-9-8-10-14(13)17(6)12(2)15(3,4)5/h12-14,16H,7-11H2,1-6H3. The Hall–Kier alpha value is -0.0800. The van der Waals surface area contributed by atoms with Crippen LogP contribution in [0.2, 0.25) is 0 Å². The molecule has 1 saturated carbocycles. The second-order valence-electron chi connectivity index (χ2n) is 6.77. The van der Waals surface area contributed by atoms with Gasteiger partial charge in [-0.15, -0.1) is 0 Å². The average molecular weight is 240 g/mol. The molecule has 0 radical (unpaired) electrons. The number of nitrogens with one attached hydrogen (secondary N) is 1. The van der Waals surface area contributed by atoms with Gasteiger partial charge in [0.2, 0.25) is 0 Å². The predicted molar refractivity (Wildman–Crippen MR) is 76.4 cm³/mol. The second-order valence-corrected chi connectivity index (χ2v) is 6.77. The lowest BCUT2D eigenvalue weighted by molar-refractivity contribution is 0.0866. The van der Waals surface area contributed by atoms with Gasteiger partial charge in [-0.2, -0.15) is 0 Å². The first-order valence-corrected chi connectivity index (χ1v) is 7.33. The SMILES string of the molecule is CCCNC1CCCC1N(C)C(C)C(C)(C)C. The Labute approximate surface area is 108 Å². The summed E-state index contributed by atoms with van der Waals surface area (Å²) in [6, 6.07) is 2.08. The van der Waals surface area contributed by atoms with E-state index in [0.717, 1.165) is 6.04 Å². The number of nitrogens with zero attached hydrogens (tertiary/aromatic N) is 1. The van der Waals surface area contributed by atoms with E-state index in [1.165, 1.54) is 32.2 Å². The Morgan fingerprint density at radius 2 is 1.94 bits per heavy atom. The topological polar surface area (TPSA) is 15.3 Å². The zero-order valence-electron chi connectivity index (χ0n) is 12.7. The summed E-state index contributed by atoms with van der Waals surface area (Å²) in [5, 5.41) is 3.73. The van der Waals surface area contributed by atoms with Crippen molar-refractivity contribution in [3.05, 3.63) is 0 Å². The summed E-state index contributed by atoms with van der Waals surface area (Å²) in [6.07, 6.45) is 5.33. The minimum Gasteiger partial charge on any atom is -0.312 e. The highest BCUT2D eigenvalue weighted by Gasteiger charge is 2.35. The van der Waals surface area contributed by atoms with Crippen molar-refractivity contribution >= 4 is 0 Å². The molecule has 1 N–H and O–H groups in total. The molecule has 0 amide bonds. The maximum absolute atomic E-state index is 3.73. The quantitative estimate of drug-likeness (QED) is 0.793. The number of hydrogen-bond donors (Lipinski definition) is 1.